The van der Waals surface area contributed by atoms with Gasteiger partial charge in [-0.1, -0.05) is 6.07 Å². The van der Waals surface area contributed by atoms with Crippen LogP contribution < -0.4 is 5.32 Å². The first kappa shape index (κ1) is 12.9. The Kier molecular flexibility index (Phi) is 4.87. The van der Waals surface area contributed by atoms with E-state index in [0.29, 0.717) is 12.1 Å². The van der Waals surface area contributed by atoms with Gasteiger partial charge >= 0.3 is 5.97 Å². The van der Waals surface area contributed by atoms with Crippen molar-refractivity contribution >= 4 is 18.5 Å². The molecule has 0 unspecified atom stereocenters. The van der Waals surface area contributed by atoms with Crippen molar-refractivity contribution in [3.8, 4) is 0 Å². The molecule has 0 saturated heterocycles. The van der Waals surface area contributed by atoms with Gasteiger partial charge in [-0.3, -0.25) is 9.78 Å². The Balaban J connectivity index is 2.89. The number of hydrogen-bond donors (Lipinski definition) is 1. The van der Waals surface area contributed by atoms with Crippen molar-refractivity contribution in [3.05, 3.63) is 35.8 Å². The van der Waals surface area contributed by atoms with Crippen LogP contribution in [0.2, 0.25) is 0 Å². The third-order valence-corrected chi connectivity index (χ3v) is 1.76. The summed E-state index contributed by atoms with van der Waals surface area (Å²) in [4.78, 5) is 26.0. The second-order valence-electron chi connectivity index (χ2n) is 3.53. The predicted octanol–water partition coefficient (Wildman–Crippen LogP) is 1.12. The molecule has 5 nitrogen and oxygen atoms in total. The summed E-state index contributed by atoms with van der Waals surface area (Å²) in [6, 6.07) is 5.26. The number of carbonyl (C=O) groups is 2. The molecule has 1 rings (SSSR count). The summed E-state index contributed by atoms with van der Waals surface area (Å²) in [5.74, 6) is -0.585. The molecule has 0 fully saturated rings. The van der Waals surface area contributed by atoms with E-state index in [9.17, 15) is 9.59 Å². The fraction of sp³-hybridized carbons (Fsp3) is 0.250. The van der Waals surface area contributed by atoms with E-state index in [1.54, 1.807) is 38.2 Å². The first-order valence-electron chi connectivity index (χ1n) is 5.17. The Morgan fingerprint density at radius 3 is 2.76 bits per heavy atom. The number of amides is 1. The lowest BCUT2D eigenvalue weighted by molar-refractivity contribution is -0.143. The monoisotopic (exact) mass is 234 g/mol. The smallest absolute Gasteiger partial charge is 0.355 e. The van der Waals surface area contributed by atoms with Gasteiger partial charge in [-0.25, -0.2) is 4.79 Å². The van der Waals surface area contributed by atoms with Crippen molar-refractivity contribution in [1.82, 2.24) is 10.3 Å². The highest BCUT2D eigenvalue weighted by atomic mass is 16.5. The lowest BCUT2D eigenvalue weighted by atomic mass is 10.3. The van der Waals surface area contributed by atoms with Gasteiger partial charge in [0.05, 0.1) is 11.8 Å². The van der Waals surface area contributed by atoms with E-state index in [-0.39, 0.29) is 11.8 Å². The molecule has 0 radical (unpaired) electrons. The Hall–Kier alpha value is -2.17. The number of nitrogens with one attached hydrogen (secondary N) is 1. The molecule has 1 heterocycles. The van der Waals surface area contributed by atoms with Crippen LogP contribution >= 0.6 is 0 Å². The fourth-order valence-electron chi connectivity index (χ4n) is 1.11. The van der Waals surface area contributed by atoms with Gasteiger partial charge in [-0.15, -0.1) is 0 Å². The molecular weight excluding hydrogens is 220 g/mol. The molecule has 0 atom stereocenters. The highest BCUT2D eigenvalue weighted by molar-refractivity contribution is 5.94. The zero-order valence-corrected chi connectivity index (χ0v) is 9.71. The first-order valence-corrected chi connectivity index (χ1v) is 5.17. The van der Waals surface area contributed by atoms with Crippen LogP contribution in [0.3, 0.4) is 0 Å². The number of nitrogens with zero attached hydrogens (tertiary/aromatic N) is 1. The SMILES string of the molecule is CC(C)OC(=O)C(=Cc1ccccn1)NC=O. The molecule has 17 heavy (non-hydrogen) atoms. The van der Waals surface area contributed by atoms with Crippen LogP contribution in [-0.4, -0.2) is 23.5 Å². The van der Waals surface area contributed by atoms with Gasteiger partial charge in [0, 0.05) is 6.20 Å². The quantitative estimate of drug-likeness (QED) is 0.471. The predicted molar refractivity (Wildman–Crippen MR) is 62.6 cm³/mol. The Bertz CT molecular complexity index is 413. The van der Waals surface area contributed by atoms with Crippen LogP contribution in [0.1, 0.15) is 19.5 Å². The number of hydrogen-bond acceptors (Lipinski definition) is 4. The third kappa shape index (κ3) is 4.46. The van der Waals surface area contributed by atoms with Crippen molar-refractivity contribution in [2.75, 3.05) is 0 Å². The van der Waals surface area contributed by atoms with Gasteiger partial charge in [0.2, 0.25) is 6.41 Å². The van der Waals surface area contributed by atoms with Crippen LogP contribution in [0.25, 0.3) is 6.08 Å². The lowest BCUT2D eigenvalue weighted by Gasteiger charge is -2.09. The third-order valence-electron chi connectivity index (χ3n) is 1.76. The van der Waals surface area contributed by atoms with Crippen LogP contribution in [0.5, 0.6) is 0 Å². The largest absolute Gasteiger partial charge is 0.458 e. The maximum Gasteiger partial charge on any atom is 0.355 e. The lowest BCUT2D eigenvalue weighted by Crippen LogP contribution is -2.23. The van der Waals surface area contributed by atoms with Crippen molar-refractivity contribution in [2.24, 2.45) is 0 Å². The maximum absolute atomic E-state index is 11.6. The van der Waals surface area contributed by atoms with Crippen molar-refractivity contribution in [2.45, 2.75) is 20.0 Å². The minimum absolute atomic E-state index is 0.0624. The Labute approximate surface area is 99.5 Å². The number of pyridine rings is 1. The summed E-state index contributed by atoms with van der Waals surface area (Å²) >= 11 is 0. The van der Waals surface area contributed by atoms with E-state index < -0.39 is 5.97 Å². The zero-order chi connectivity index (χ0) is 12.7. The van der Waals surface area contributed by atoms with Crippen molar-refractivity contribution in [3.63, 3.8) is 0 Å². The average Bonchev–Trinajstić information content (AvgIpc) is 2.29. The van der Waals surface area contributed by atoms with Crippen LogP contribution in [0.4, 0.5) is 0 Å². The summed E-state index contributed by atoms with van der Waals surface area (Å²) in [6.45, 7) is 3.47. The molecule has 90 valence electrons. The van der Waals surface area contributed by atoms with Gasteiger partial charge in [0.25, 0.3) is 0 Å². The van der Waals surface area contributed by atoms with Gasteiger partial charge < -0.3 is 10.1 Å². The van der Waals surface area contributed by atoms with Crippen LogP contribution in [-0.2, 0) is 14.3 Å². The normalized spacial score (nSPS) is 11.1. The van der Waals surface area contributed by atoms with E-state index in [0.717, 1.165) is 0 Å². The maximum atomic E-state index is 11.6. The van der Waals surface area contributed by atoms with E-state index >= 15 is 0 Å². The Morgan fingerprint density at radius 1 is 1.47 bits per heavy atom. The molecule has 1 amide bonds. The number of rotatable bonds is 5. The standard InChI is InChI=1S/C12H14N2O3/c1-9(2)17-12(16)11(14-8-15)7-10-5-3-4-6-13-10/h3-9H,1-2H3,(H,14,15). The number of ether oxygens (including phenoxy) is 1. The number of aromatic nitrogens is 1. The average molecular weight is 234 g/mol. The summed E-state index contributed by atoms with van der Waals surface area (Å²) in [7, 11) is 0. The zero-order valence-electron chi connectivity index (χ0n) is 9.71. The minimum atomic E-state index is -0.585. The Morgan fingerprint density at radius 2 is 2.24 bits per heavy atom. The molecule has 0 aromatic carbocycles. The van der Waals surface area contributed by atoms with Gasteiger partial charge in [-0.2, -0.15) is 0 Å². The van der Waals surface area contributed by atoms with Gasteiger partial charge in [0.15, 0.2) is 0 Å². The summed E-state index contributed by atoms with van der Waals surface area (Å²) in [6.07, 6.45) is 3.23. The first-order chi connectivity index (χ1) is 8.13. The van der Waals surface area contributed by atoms with Crippen LogP contribution in [0.15, 0.2) is 30.1 Å². The highest BCUT2D eigenvalue weighted by Crippen LogP contribution is 2.04. The van der Waals surface area contributed by atoms with E-state index in [1.165, 1.54) is 6.08 Å². The van der Waals surface area contributed by atoms with Crippen molar-refractivity contribution < 1.29 is 14.3 Å². The van der Waals surface area contributed by atoms with Crippen LogP contribution in [0, 0.1) is 0 Å². The molecule has 1 N–H and O–H groups in total. The summed E-state index contributed by atoms with van der Waals surface area (Å²) in [5, 5.41) is 2.30. The summed E-state index contributed by atoms with van der Waals surface area (Å²) in [5.41, 5.74) is 0.630. The molecule has 0 spiro atoms. The molecule has 0 aliphatic carbocycles. The molecule has 0 aliphatic rings. The highest BCUT2D eigenvalue weighted by Gasteiger charge is 2.12. The second-order valence-corrected chi connectivity index (χ2v) is 3.53. The fourth-order valence-corrected chi connectivity index (χ4v) is 1.11. The molecule has 1 aromatic heterocycles. The second kappa shape index (κ2) is 6.42. The molecule has 5 heteroatoms. The molecule has 1 aromatic rings. The van der Waals surface area contributed by atoms with E-state index in [4.69, 9.17) is 4.74 Å². The van der Waals surface area contributed by atoms with Crippen molar-refractivity contribution in [1.29, 1.82) is 0 Å². The van der Waals surface area contributed by atoms with Gasteiger partial charge in [0.1, 0.15) is 5.70 Å². The molecule has 0 saturated carbocycles. The molecule has 0 aliphatic heterocycles. The number of carbonyl (C=O) groups excluding carboxylic acids is 2. The molecular formula is C12H14N2O3. The minimum Gasteiger partial charge on any atom is -0.458 e. The summed E-state index contributed by atoms with van der Waals surface area (Å²) < 4.78 is 4.98. The topological polar surface area (TPSA) is 68.3 Å². The molecule has 0 bridgehead atoms. The van der Waals surface area contributed by atoms with E-state index in [1.807, 2.05) is 0 Å². The van der Waals surface area contributed by atoms with Gasteiger partial charge in [-0.05, 0) is 32.1 Å². The van der Waals surface area contributed by atoms with E-state index in [2.05, 4.69) is 10.3 Å². The number of esters is 1.